The Labute approximate surface area is 148 Å². The molecule has 1 aromatic heterocycles. The van der Waals surface area contributed by atoms with Gasteiger partial charge < -0.3 is 15.4 Å². The van der Waals surface area contributed by atoms with Crippen molar-refractivity contribution in [2.75, 3.05) is 18.5 Å². The standard InChI is InChI=1S/C19H24N4O2/c1-12-6-7-15(9-13(12)2)23-18-10-17(21-14(3)22-18)19(24)20-11-16-5-4-8-25-16/h6-7,9-10,16H,4-5,8,11H2,1-3H3,(H,20,24)(H,21,22,23). The number of amides is 1. The highest BCUT2D eigenvalue weighted by atomic mass is 16.5. The lowest BCUT2D eigenvalue weighted by Gasteiger charge is -2.12. The maximum Gasteiger partial charge on any atom is 0.270 e. The molecule has 1 aliphatic rings. The van der Waals surface area contributed by atoms with Gasteiger partial charge in [-0.15, -0.1) is 0 Å². The van der Waals surface area contributed by atoms with Crippen molar-refractivity contribution < 1.29 is 9.53 Å². The molecule has 2 aromatic rings. The fourth-order valence-electron chi connectivity index (χ4n) is 2.82. The largest absolute Gasteiger partial charge is 0.376 e. The van der Waals surface area contributed by atoms with Crippen LogP contribution in [-0.2, 0) is 4.74 Å². The lowest BCUT2D eigenvalue weighted by atomic mass is 10.1. The van der Waals surface area contributed by atoms with E-state index in [-0.39, 0.29) is 12.0 Å². The predicted molar refractivity (Wildman–Crippen MR) is 97.3 cm³/mol. The highest BCUT2D eigenvalue weighted by Crippen LogP contribution is 2.19. The minimum atomic E-state index is -0.205. The summed E-state index contributed by atoms with van der Waals surface area (Å²) in [6.45, 7) is 7.21. The normalized spacial score (nSPS) is 16.7. The highest BCUT2D eigenvalue weighted by Gasteiger charge is 2.17. The highest BCUT2D eigenvalue weighted by molar-refractivity contribution is 5.93. The summed E-state index contributed by atoms with van der Waals surface area (Å²) in [4.78, 5) is 21.0. The summed E-state index contributed by atoms with van der Waals surface area (Å²) in [6, 6.07) is 7.79. The topological polar surface area (TPSA) is 76.1 Å². The number of rotatable bonds is 5. The van der Waals surface area contributed by atoms with Gasteiger partial charge in [0, 0.05) is 24.9 Å². The molecule has 0 saturated carbocycles. The van der Waals surface area contributed by atoms with Crippen LogP contribution in [0.4, 0.5) is 11.5 Å². The Balaban J connectivity index is 1.70. The van der Waals surface area contributed by atoms with E-state index in [0.717, 1.165) is 25.1 Å². The summed E-state index contributed by atoms with van der Waals surface area (Å²) in [6.07, 6.45) is 2.15. The summed E-state index contributed by atoms with van der Waals surface area (Å²) in [5.41, 5.74) is 3.73. The number of carbonyl (C=O) groups excluding carboxylic acids is 1. The summed E-state index contributed by atoms with van der Waals surface area (Å²) >= 11 is 0. The number of aromatic nitrogens is 2. The Hall–Kier alpha value is -2.47. The molecule has 132 valence electrons. The Morgan fingerprint density at radius 2 is 2.04 bits per heavy atom. The van der Waals surface area contributed by atoms with Crippen molar-refractivity contribution in [3.05, 3.63) is 46.9 Å². The van der Waals surface area contributed by atoms with E-state index in [1.807, 2.05) is 6.07 Å². The van der Waals surface area contributed by atoms with Crippen LogP contribution in [0.25, 0.3) is 0 Å². The van der Waals surface area contributed by atoms with E-state index < -0.39 is 0 Å². The fourth-order valence-corrected chi connectivity index (χ4v) is 2.82. The minimum absolute atomic E-state index is 0.111. The molecule has 1 fully saturated rings. The van der Waals surface area contributed by atoms with E-state index in [2.05, 4.69) is 46.6 Å². The molecule has 1 aliphatic heterocycles. The number of anilines is 2. The van der Waals surface area contributed by atoms with Crippen molar-refractivity contribution >= 4 is 17.4 Å². The molecule has 2 N–H and O–H groups in total. The summed E-state index contributed by atoms with van der Waals surface area (Å²) in [5, 5.41) is 6.14. The number of ether oxygens (including phenoxy) is 1. The molecule has 1 amide bonds. The van der Waals surface area contributed by atoms with Gasteiger partial charge in [-0.1, -0.05) is 6.07 Å². The van der Waals surface area contributed by atoms with Crippen LogP contribution in [0.3, 0.4) is 0 Å². The van der Waals surface area contributed by atoms with Crippen LogP contribution < -0.4 is 10.6 Å². The molecule has 25 heavy (non-hydrogen) atoms. The molecule has 6 heteroatoms. The molecule has 0 radical (unpaired) electrons. The molecule has 6 nitrogen and oxygen atoms in total. The van der Waals surface area contributed by atoms with E-state index in [1.54, 1.807) is 13.0 Å². The molecular formula is C19H24N4O2. The monoisotopic (exact) mass is 340 g/mol. The lowest BCUT2D eigenvalue weighted by Crippen LogP contribution is -2.32. The molecular weight excluding hydrogens is 316 g/mol. The summed E-state index contributed by atoms with van der Waals surface area (Å²) in [7, 11) is 0. The number of hydrogen-bond acceptors (Lipinski definition) is 5. The van der Waals surface area contributed by atoms with E-state index in [0.29, 0.717) is 23.9 Å². The number of hydrogen-bond donors (Lipinski definition) is 2. The molecule has 1 atom stereocenters. The average Bonchev–Trinajstić information content (AvgIpc) is 3.09. The number of aryl methyl sites for hydroxylation is 3. The van der Waals surface area contributed by atoms with Gasteiger partial charge in [0.25, 0.3) is 5.91 Å². The van der Waals surface area contributed by atoms with Crippen molar-refractivity contribution in [3.63, 3.8) is 0 Å². The molecule has 1 saturated heterocycles. The minimum Gasteiger partial charge on any atom is -0.376 e. The maximum atomic E-state index is 12.4. The van der Waals surface area contributed by atoms with Gasteiger partial charge in [-0.3, -0.25) is 4.79 Å². The van der Waals surface area contributed by atoms with Gasteiger partial charge in [0.05, 0.1) is 6.10 Å². The third-order valence-electron chi connectivity index (χ3n) is 4.36. The van der Waals surface area contributed by atoms with Crippen LogP contribution in [0, 0.1) is 20.8 Å². The number of nitrogens with zero attached hydrogens (tertiary/aromatic N) is 2. The van der Waals surface area contributed by atoms with Crippen molar-refractivity contribution in [2.24, 2.45) is 0 Å². The SMILES string of the molecule is Cc1nc(Nc2ccc(C)c(C)c2)cc(C(=O)NCC2CCCO2)n1. The van der Waals surface area contributed by atoms with Crippen molar-refractivity contribution in [1.82, 2.24) is 15.3 Å². The molecule has 1 unspecified atom stereocenters. The zero-order valence-electron chi connectivity index (χ0n) is 14.9. The zero-order chi connectivity index (χ0) is 17.8. The molecule has 2 heterocycles. The molecule has 0 spiro atoms. The quantitative estimate of drug-likeness (QED) is 0.875. The van der Waals surface area contributed by atoms with Crippen LogP contribution in [0.5, 0.6) is 0 Å². The Kier molecular flexibility index (Phi) is 5.28. The van der Waals surface area contributed by atoms with Crippen molar-refractivity contribution in [2.45, 2.75) is 39.7 Å². The first kappa shape index (κ1) is 17.4. The Bertz CT molecular complexity index is 770. The molecule has 1 aromatic carbocycles. The van der Waals surface area contributed by atoms with Gasteiger partial charge in [0.2, 0.25) is 0 Å². The van der Waals surface area contributed by atoms with Crippen LogP contribution >= 0.6 is 0 Å². The van der Waals surface area contributed by atoms with E-state index in [9.17, 15) is 4.79 Å². The lowest BCUT2D eigenvalue weighted by molar-refractivity contribution is 0.0853. The third kappa shape index (κ3) is 4.54. The van der Waals surface area contributed by atoms with E-state index in [1.165, 1.54) is 11.1 Å². The average molecular weight is 340 g/mol. The second-order valence-corrected chi connectivity index (χ2v) is 6.45. The Morgan fingerprint density at radius 1 is 1.20 bits per heavy atom. The first-order valence-corrected chi connectivity index (χ1v) is 8.61. The third-order valence-corrected chi connectivity index (χ3v) is 4.36. The van der Waals surface area contributed by atoms with Gasteiger partial charge in [-0.25, -0.2) is 9.97 Å². The predicted octanol–water partition coefficient (Wildman–Crippen LogP) is 3.05. The number of benzene rings is 1. The summed E-state index contributed by atoms with van der Waals surface area (Å²) in [5.74, 6) is 0.957. The van der Waals surface area contributed by atoms with Gasteiger partial charge in [0.1, 0.15) is 17.3 Å². The fraction of sp³-hybridized carbons (Fsp3) is 0.421. The maximum absolute atomic E-state index is 12.4. The van der Waals surface area contributed by atoms with E-state index in [4.69, 9.17) is 4.74 Å². The number of nitrogens with one attached hydrogen (secondary N) is 2. The van der Waals surface area contributed by atoms with Gasteiger partial charge in [-0.2, -0.15) is 0 Å². The van der Waals surface area contributed by atoms with E-state index >= 15 is 0 Å². The van der Waals surface area contributed by atoms with Crippen LogP contribution in [0.15, 0.2) is 24.3 Å². The Morgan fingerprint density at radius 3 is 2.76 bits per heavy atom. The second kappa shape index (κ2) is 7.61. The zero-order valence-corrected chi connectivity index (χ0v) is 14.9. The van der Waals surface area contributed by atoms with Crippen LogP contribution in [-0.4, -0.2) is 35.1 Å². The molecule has 0 aliphatic carbocycles. The second-order valence-electron chi connectivity index (χ2n) is 6.45. The van der Waals surface area contributed by atoms with Crippen LogP contribution in [0.2, 0.25) is 0 Å². The smallest absolute Gasteiger partial charge is 0.270 e. The van der Waals surface area contributed by atoms with Crippen LogP contribution in [0.1, 0.15) is 40.3 Å². The number of carbonyl (C=O) groups is 1. The van der Waals surface area contributed by atoms with Crippen molar-refractivity contribution in [1.29, 1.82) is 0 Å². The van der Waals surface area contributed by atoms with Gasteiger partial charge in [-0.05, 0) is 56.9 Å². The molecule has 0 bridgehead atoms. The van der Waals surface area contributed by atoms with Gasteiger partial charge >= 0.3 is 0 Å². The first-order chi connectivity index (χ1) is 12.0. The van der Waals surface area contributed by atoms with Gasteiger partial charge in [0.15, 0.2) is 0 Å². The first-order valence-electron chi connectivity index (χ1n) is 8.61. The van der Waals surface area contributed by atoms with Crippen molar-refractivity contribution in [3.8, 4) is 0 Å². The summed E-state index contributed by atoms with van der Waals surface area (Å²) < 4.78 is 5.53. The molecule has 3 rings (SSSR count).